The van der Waals surface area contributed by atoms with Gasteiger partial charge in [-0.15, -0.1) is 0 Å². The second-order valence-corrected chi connectivity index (χ2v) is 3.58. The van der Waals surface area contributed by atoms with Crippen molar-refractivity contribution in [1.29, 1.82) is 0 Å². The summed E-state index contributed by atoms with van der Waals surface area (Å²) in [6.45, 7) is 3.39. The molecule has 0 aromatic rings. The van der Waals surface area contributed by atoms with Crippen LogP contribution in [-0.2, 0) is 0 Å². The fourth-order valence-electron chi connectivity index (χ4n) is 1.81. The van der Waals surface area contributed by atoms with Crippen molar-refractivity contribution < 1.29 is 0 Å². The molecule has 1 unspecified atom stereocenters. The summed E-state index contributed by atoms with van der Waals surface area (Å²) < 4.78 is 0. The quantitative estimate of drug-likeness (QED) is 0.643. The highest BCUT2D eigenvalue weighted by atomic mass is 14.9. The molecule has 1 aliphatic rings. The van der Waals surface area contributed by atoms with Gasteiger partial charge in [0, 0.05) is 12.1 Å². The molecule has 0 spiro atoms. The third kappa shape index (κ3) is 3.21. The van der Waals surface area contributed by atoms with Gasteiger partial charge in [-0.1, -0.05) is 13.3 Å². The van der Waals surface area contributed by atoms with Crippen LogP contribution in [0.15, 0.2) is 0 Å². The van der Waals surface area contributed by atoms with E-state index in [9.17, 15) is 0 Å². The number of nitrogens with two attached hydrogens (primary N) is 1. The van der Waals surface area contributed by atoms with Crippen LogP contribution in [0, 0.1) is 0 Å². The van der Waals surface area contributed by atoms with E-state index >= 15 is 0 Å². The Morgan fingerprint density at radius 3 is 3.00 bits per heavy atom. The maximum atomic E-state index is 5.92. The lowest BCUT2D eigenvalue weighted by Gasteiger charge is -2.15. The number of rotatable bonds is 4. The van der Waals surface area contributed by atoms with E-state index in [0.29, 0.717) is 6.04 Å². The van der Waals surface area contributed by atoms with Gasteiger partial charge in [-0.3, -0.25) is 0 Å². The number of hydrogen-bond donors (Lipinski definition) is 2. The minimum absolute atomic E-state index is 0.426. The van der Waals surface area contributed by atoms with E-state index < -0.39 is 0 Å². The first kappa shape index (κ1) is 9.01. The molecule has 0 saturated carbocycles. The Hall–Kier alpha value is -0.0800. The third-order valence-corrected chi connectivity index (χ3v) is 2.41. The Morgan fingerprint density at radius 1 is 1.64 bits per heavy atom. The van der Waals surface area contributed by atoms with Crippen molar-refractivity contribution in [2.24, 2.45) is 5.73 Å². The fourth-order valence-corrected chi connectivity index (χ4v) is 1.81. The fraction of sp³-hybridized carbons (Fsp3) is 1.00. The van der Waals surface area contributed by atoms with Gasteiger partial charge in [0.05, 0.1) is 0 Å². The van der Waals surface area contributed by atoms with Crippen molar-refractivity contribution in [2.45, 2.75) is 51.1 Å². The topological polar surface area (TPSA) is 38.0 Å². The monoisotopic (exact) mass is 156 g/mol. The van der Waals surface area contributed by atoms with E-state index in [2.05, 4.69) is 12.2 Å². The number of nitrogens with one attached hydrogen (secondary N) is 1. The summed E-state index contributed by atoms with van der Waals surface area (Å²) in [5.41, 5.74) is 5.92. The normalized spacial score (nSPS) is 27.3. The molecule has 3 N–H and O–H groups in total. The summed E-state index contributed by atoms with van der Waals surface area (Å²) in [5, 5.41) is 3.47. The van der Waals surface area contributed by atoms with Gasteiger partial charge in [0.25, 0.3) is 0 Å². The molecule has 0 aromatic carbocycles. The number of hydrogen-bond acceptors (Lipinski definition) is 2. The third-order valence-electron chi connectivity index (χ3n) is 2.41. The molecule has 0 amide bonds. The van der Waals surface area contributed by atoms with Crippen LogP contribution < -0.4 is 11.1 Å². The van der Waals surface area contributed by atoms with E-state index in [1.165, 1.54) is 38.6 Å². The Bertz CT molecular complexity index is 97.7. The zero-order valence-corrected chi connectivity index (χ0v) is 7.47. The maximum Gasteiger partial charge on any atom is 0.00822 e. The van der Waals surface area contributed by atoms with Gasteiger partial charge in [-0.05, 0) is 32.2 Å². The minimum Gasteiger partial charge on any atom is -0.328 e. The highest BCUT2D eigenvalue weighted by molar-refractivity contribution is 4.78. The van der Waals surface area contributed by atoms with Crippen molar-refractivity contribution in [1.82, 2.24) is 5.32 Å². The van der Waals surface area contributed by atoms with E-state index in [1.807, 2.05) is 0 Å². The van der Waals surface area contributed by atoms with Gasteiger partial charge in [-0.25, -0.2) is 0 Å². The molecule has 0 bridgehead atoms. The van der Waals surface area contributed by atoms with Crippen LogP contribution in [0.25, 0.3) is 0 Å². The second-order valence-electron chi connectivity index (χ2n) is 3.58. The lowest BCUT2D eigenvalue weighted by Crippen LogP contribution is -2.31. The van der Waals surface area contributed by atoms with Crippen LogP contribution in [0.5, 0.6) is 0 Å². The summed E-state index contributed by atoms with van der Waals surface area (Å²) >= 11 is 0. The van der Waals surface area contributed by atoms with Gasteiger partial charge in [0.1, 0.15) is 0 Å². The molecule has 2 atom stereocenters. The molecular formula is C9H20N2. The zero-order valence-electron chi connectivity index (χ0n) is 7.47. The van der Waals surface area contributed by atoms with Gasteiger partial charge in [0.2, 0.25) is 0 Å². The van der Waals surface area contributed by atoms with Gasteiger partial charge < -0.3 is 11.1 Å². The van der Waals surface area contributed by atoms with Crippen molar-refractivity contribution in [2.75, 3.05) is 6.54 Å². The molecule has 0 radical (unpaired) electrons. The summed E-state index contributed by atoms with van der Waals surface area (Å²) in [6.07, 6.45) is 6.24. The van der Waals surface area contributed by atoms with Gasteiger partial charge in [0.15, 0.2) is 0 Å². The van der Waals surface area contributed by atoms with E-state index in [4.69, 9.17) is 5.73 Å². The first-order valence-electron chi connectivity index (χ1n) is 4.82. The largest absolute Gasteiger partial charge is 0.328 e. The Kier molecular flexibility index (Phi) is 3.87. The van der Waals surface area contributed by atoms with Crippen LogP contribution in [-0.4, -0.2) is 18.6 Å². The lowest BCUT2D eigenvalue weighted by molar-refractivity contribution is 0.465. The highest BCUT2D eigenvalue weighted by Crippen LogP contribution is 2.11. The maximum absolute atomic E-state index is 5.92. The van der Waals surface area contributed by atoms with E-state index in [0.717, 1.165) is 6.04 Å². The molecule has 1 fully saturated rings. The summed E-state index contributed by atoms with van der Waals surface area (Å²) in [6, 6.07) is 1.15. The highest BCUT2D eigenvalue weighted by Gasteiger charge is 2.16. The van der Waals surface area contributed by atoms with Crippen LogP contribution in [0.4, 0.5) is 0 Å². The standard InChI is InChI=1S/C9H20N2/c1-2-4-8(10)7-9-5-3-6-11-9/h8-9,11H,2-7,10H2,1H3/t8?,9-/m0/s1. The molecule has 2 heteroatoms. The van der Waals surface area contributed by atoms with Crippen molar-refractivity contribution in [3.8, 4) is 0 Å². The molecule has 0 aliphatic carbocycles. The van der Waals surface area contributed by atoms with Gasteiger partial charge in [-0.2, -0.15) is 0 Å². The molecule has 1 heterocycles. The van der Waals surface area contributed by atoms with Crippen molar-refractivity contribution in [3.63, 3.8) is 0 Å². The smallest absolute Gasteiger partial charge is 0.00822 e. The Labute approximate surface area is 69.5 Å². The summed E-state index contributed by atoms with van der Waals surface area (Å²) in [5.74, 6) is 0. The first-order chi connectivity index (χ1) is 5.33. The predicted molar refractivity (Wildman–Crippen MR) is 48.5 cm³/mol. The molecule has 1 saturated heterocycles. The SMILES string of the molecule is CCCC(N)C[C@@H]1CCCN1. The molecule has 11 heavy (non-hydrogen) atoms. The predicted octanol–water partition coefficient (Wildman–Crippen LogP) is 1.26. The first-order valence-corrected chi connectivity index (χ1v) is 4.82. The zero-order chi connectivity index (χ0) is 8.10. The molecule has 2 nitrogen and oxygen atoms in total. The van der Waals surface area contributed by atoms with Crippen LogP contribution in [0.3, 0.4) is 0 Å². The minimum atomic E-state index is 0.426. The lowest BCUT2D eigenvalue weighted by atomic mass is 10.0. The molecule has 66 valence electrons. The summed E-state index contributed by atoms with van der Waals surface area (Å²) in [7, 11) is 0. The van der Waals surface area contributed by atoms with E-state index in [1.54, 1.807) is 0 Å². The van der Waals surface area contributed by atoms with Crippen LogP contribution in [0.2, 0.25) is 0 Å². The molecular weight excluding hydrogens is 136 g/mol. The Morgan fingerprint density at radius 2 is 2.45 bits per heavy atom. The van der Waals surface area contributed by atoms with Crippen molar-refractivity contribution in [3.05, 3.63) is 0 Å². The van der Waals surface area contributed by atoms with Gasteiger partial charge >= 0.3 is 0 Å². The van der Waals surface area contributed by atoms with E-state index in [-0.39, 0.29) is 0 Å². The van der Waals surface area contributed by atoms with Crippen molar-refractivity contribution >= 4 is 0 Å². The molecule has 1 rings (SSSR count). The van der Waals surface area contributed by atoms with Crippen LogP contribution >= 0.6 is 0 Å². The average Bonchev–Trinajstić information content (AvgIpc) is 2.40. The summed E-state index contributed by atoms with van der Waals surface area (Å²) in [4.78, 5) is 0. The van der Waals surface area contributed by atoms with Crippen LogP contribution in [0.1, 0.15) is 39.0 Å². The average molecular weight is 156 g/mol. The molecule has 0 aromatic heterocycles. The Balaban J connectivity index is 2.08. The molecule has 1 aliphatic heterocycles. The second kappa shape index (κ2) is 4.73.